The Balaban J connectivity index is 2.31. The topological polar surface area (TPSA) is 58.4 Å². The molecule has 1 amide bonds. The number of carbonyl (C=O) groups is 1. The summed E-state index contributed by atoms with van der Waals surface area (Å²) < 4.78 is 0. The van der Waals surface area contributed by atoms with Crippen LogP contribution in [0.5, 0.6) is 0 Å². The average molecular weight is 269 g/mol. The van der Waals surface area contributed by atoms with E-state index < -0.39 is 0 Å². The van der Waals surface area contributed by atoms with Crippen molar-refractivity contribution in [1.82, 2.24) is 10.2 Å². The Morgan fingerprint density at radius 3 is 2.26 bits per heavy atom. The van der Waals surface area contributed by atoms with E-state index in [9.17, 15) is 4.79 Å². The van der Waals surface area contributed by atoms with Crippen LogP contribution in [0.2, 0.25) is 0 Å². The van der Waals surface area contributed by atoms with E-state index in [1.165, 1.54) is 0 Å². The fourth-order valence-corrected chi connectivity index (χ4v) is 2.35. The molecule has 0 aromatic heterocycles. The standard InChI is InChI=1S/C15H31N3O/c1-11(2)18-8-6-12(7-9-18)17-14(19)10-13(16)15(3,4)5/h11-13H,6-10,16H2,1-5H3,(H,17,19). The Labute approximate surface area is 118 Å². The molecule has 0 bridgehead atoms. The predicted molar refractivity (Wildman–Crippen MR) is 79.9 cm³/mol. The molecule has 1 heterocycles. The van der Waals surface area contributed by atoms with Crippen LogP contribution in [0.1, 0.15) is 53.9 Å². The van der Waals surface area contributed by atoms with Gasteiger partial charge in [-0.1, -0.05) is 20.8 Å². The first-order valence-corrected chi connectivity index (χ1v) is 7.49. The lowest BCUT2D eigenvalue weighted by Crippen LogP contribution is -2.48. The molecule has 4 nitrogen and oxygen atoms in total. The maximum Gasteiger partial charge on any atom is 0.221 e. The molecule has 0 aromatic carbocycles. The highest BCUT2D eigenvalue weighted by atomic mass is 16.1. The number of rotatable bonds is 4. The highest BCUT2D eigenvalue weighted by molar-refractivity contribution is 5.77. The fraction of sp³-hybridized carbons (Fsp3) is 0.933. The van der Waals surface area contributed by atoms with Crippen LogP contribution in [-0.4, -0.2) is 42.0 Å². The summed E-state index contributed by atoms with van der Waals surface area (Å²) in [6.07, 6.45) is 2.53. The second-order valence-electron chi connectivity index (χ2n) is 7.15. The zero-order valence-electron chi connectivity index (χ0n) is 13.2. The van der Waals surface area contributed by atoms with Crippen LogP contribution in [-0.2, 0) is 4.79 Å². The van der Waals surface area contributed by atoms with E-state index in [0.717, 1.165) is 25.9 Å². The van der Waals surface area contributed by atoms with E-state index in [1.807, 2.05) is 0 Å². The minimum atomic E-state index is -0.0803. The zero-order valence-corrected chi connectivity index (χ0v) is 13.2. The predicted octanol–water partition coefficient (Wildman–Crippen LogP) is 1.74. The zero-order chi connectivity index (χ0) is 14.6. The van der Waals surface area contributed by atoms with Gasteiger partial charge in [0, 0.05) is 37.6 Å². The molecule has 0 spiro atoms. The van der Waals surface area contributed by atoms with Crippen molar-refractivity contribution in [1.29, 1.82) is 0 Å². The maximum absolute atomic E-state index is 12.0. The Morgan fingerprint density at radius 1 is 1.32 bits per heavy atom. The quantitative estimate of drug-likeness (QED) is 0.817. The number of nitrogens with one attached hydrogen (secondary N) is 1. The fourth-order valence-electron chi connectivity index (χ4n) is 2.35. The smallest absolute Gasteiger partial charge is 0.221 e. The van der Waals surface area contributed by atoms with E-state index in [1.54, 1.807) is 0 Å². The third kappa shape index (κ3) is 5.49. The molecule has 0 saturated carbocycles. The highest BCUT2D eigenvalue weighted by Gasteiger charge is 2.26. The lowest BCUT2D eigenvalue weighted by Gasteiger charge is -2.35. The van der Waals surface area contributed by atoms with Crippen LogP contribution in [0.4, 0.5) is 0 Å². The van der Waals surface area contributed by atoms with Crippen molar-refractivity contribution in [3.8, 4) is 0 Å². The van der Waals surface area contributed by atoms with Crippen molar-refractivity contribution in [2.45, 2.75) is 72.0 Å². The van der Waals surface area contributed by atoms with Crippen molar-refractivity contribution in [3.05, 3.63) is 0 Å². The third-order valence-corrected chi connectivity index (χ3v) is 4.14. The van der Waals surface area contributed by atoms with Gasteiger partial charge in [0.15, 0.2) is 0 Å². The number of likely N-dealkylation sites (tertiary alicyclic amines) is 1. The highest BCUT2D eigenvalue weighted by Crippen LogP contribution is 2.20. The van der Waals surface area contributed by atoms with Gasteiger partial charge in [-0.15, -0.1) is 0 Å². The summed E-state index contributed by atoms with van der Waals surface area (Å²) in [4.78, 5) is 14.4. The van der Waals surface area contributed by atoms with Gasteiger partial charge in [0.1, 0.15) is 0 Å². The lowest BCUT2D eigenvalue weighted by molar-refractivity contribution is -0.123. The number of amides is 1. The Morgan fingerprint density at radius 2 is 1.84 bits per heavy atom. The molecule has 4 heteroatoms. The molecule has 3 N–H and O–H groups in total. The molecule has 0 aromatic rings. The molecular weight excluding hydrogens is 238 g/mol. The Bertz CT molecular complexity index is 288. The number of carbonyl (C=O) groups excluding carboxylic acids is 1. The number of nitrogens with two attached hydrogens (primary N) is 1. The van der Waals surface area contributed by atoms with Crippen LogP contribution in [0, 0.1) is 5.41 Å². The largest absolute Gasteiger partial charge is 0.353 e. The third-order valence-electron chi connectivity index (χ3n) is 4.14. The van der Waals surface area contributed by atoms with Gasteiger partial charge in [0.2, 0.25) is 5.91 Å². The Hall–Kier alpha value is -0.610. The molecule has 0 aliphatic carbocycles. The van der Waals surface area contributed by atoms with Crippen molar-refractivity contribution < 1.29 is 4.79 Å². The average Bonchev–Trinajstić information content (AvgIpc) is 2.28. The van der Waals surface area contributed by atoms with Crippen LogP contribution in [0.15, 0.2) is 0 Å². The summed E-state index contributed by atoms with van der Waals surface area (Å²) in [6, 6.07) is 0.851. The monoisotopic (exact) mass is 269 g/mol. The van der Waals surface area contributed by atoms with Crippen molar-refractivity contribution >= 4 is 5.91 Å². The number of hydrogen-bond donors (Lipinski definition) is 2. The van der Waals surface area contributed by atoms with E-state index in [2.05, 4.69) is 44.8 Å². The van der Waals surface area contributed by atoms with Gasteiger partial charge < -0.3 is 16.0 Å². The summed E-state index contributed by atoms with van der Waals surface area (Å²) in [5.74, 6) is 0.102. The normalized spacial score (nSPS) is 20.6. The van der Waals surface area contributed by atoms with Crippen LogP contribution >= 0.6 is 0 Å². The lowest BCUT2D eigenvalue weighted by atomic mass is 9.85. The summed E-state index contributed by atoms with van der Waals surface area (Å²) in [5.41, 5.74) is 6.03. The van der Waals surface area contributed by atoms with Gasteiger partial charge in [0.05, 0.1) is 0 Å². The minimum absolute atomic E-state index is 0.0155. The summed E-state index contributed by atoms with van der Waals surface area (Å²) >= 11 is 0. The molecular formula is C15H31N3O. The second kappa shape index (κ2) is 6.71. The molecule has 1 rings (SSSR count). The first-order valence-electron chi connectivity index (χ1n) is 7.49. The molecule has 19 heavy (non-hydrogen) atoms. The molecule has 0 radical (unpaired) electrons. The number of nitrogens with zero attached hydrogens (tertiary/aromatic N) is 1. The first kappa shape index (κ1) is 16.4. The van der Waals surface area contributed by atoms with Gasteiger partial charge in [-0.25, -0.2) is 0 Å². The van der Waals surface area contributed by atoms with Gasteiger partial charge in [0.25, 0.3) is 0 Å². The van der Waals surface area contributed by atoms with E-state index in [-0.39, 0.29) is 17.4 Å². The van der Waals surface area contributed by atoms with Crippen molar-refractivity contribution in [2.24, 2.45) is 11.1 Å². The Kier molecular flexibility index (Phi) is 5.81. The van der Waals surface area contributed by atoms with Crippen LogP contribution in [0.3, 0.4) is 0 Å². The molecule has 1 unspecified atom stereocenters. The molecule has 1 fully saturated rings. The minimum Gasteiger partial charge on any atom is -0.353 e. The van der Waals surface area contributed by atoms with Crippen LogP contribution < -0.4 is 11.1 Å². The van der Waals surface area contributed by atoms with Gasteiger partial charge in [-0.2, -0.15) is 0 Å². The van der Waals surface area contributed by atoms with E-state index in [4.69, 9.17) is 5.73 Å². The number of piperidine rings is 1. The SMILES string of the molecule is CC(C)N1CCC(NC(=O)CC(N)C(C)(C)C)CC1. The number of hydrogen-bond acceptors (Lipinski definition) is 3. The first-order chi connectivity index (χ1) is 8.70. The van der Waals surface area contributed by atoms with Crippen LogP contribution in [0.25, 0.3) is 0 Å². The summed E-state index contributed by atoms with van der Waals surface area (Å²) in [6.45, 7) is 12.8. The van der Waals surface area contributed by atoms with Gasteiger partial charge in [-0.3, -0.25) is 4.79 Å². The maximum atomic E-state index is 12.0. The molecule has 1 saturated heterocycles. The second-order valence-corrected chi connectivity index (χ2v) is 7.15. The van der Waals surface area contributed by atoms with Crippen molar-refractivity contribution in [3.63, 3.8) is 0 Å². The van der Waals surface area contributed by atoms with E-state index >= 15 is 0 Å². The molecule has 1 atom stereocenters. The summed E-state index contributed by atoms with van der Waals surface area (Å²) in [7, 11) is 0. The molecule has 1 aliphatic heterocycles. The van der Waals surface area contributed by atoms with Gasteiger partial charge in [-0.05, 0) is 32.1 Å². The molecule has 1 aliphatic rings. The summed E-state index contributed by atoms with van der Waals surface area (Å²) in [5, 5.41) is 3.14. The van der Waals surface area contributed by atoms with Gasteiger partial charge >= 0.3 is 0 Å². The molecule has 112 valence electrons. The van der Waals surface area contributed by atoms with Crippen molar-refractivity contribution in [2.75, 3.05) is 13.1 Å². The van der Waals surface area contributed by atoms with E-state index in [0.29, 0.717) is 18.5 Å².